The van der Waals surface area contributed by atoms with E-state index in [1.165, 1.54) is 0 Å². The highest BCUT2D eigenvalue weighted by Gasteiger charge is 2.25. The van der Waals surface area contributed by atoms with Gasteiger partial charge in [0, 0.05) is 25.7 Å². The summed E-state index contributed by atoms with van der Waals surface area (Å²) in [5, 5.41) is 6.64. The van der Waals surface area contributed by atoms with Crippen LogP contribution in [0.25, 0.3) is 0 Å². The topological polar surface area (TPSA) is 73.8 Å². The van der Waals surface area contributed by atoms with E-state index in [9.17, 15) is 8.42 Å². The highest BCUT2D eigenvalue weighted by atomic mass is 127. The summed E-state index contributed by atoms with van der Waals surface area (Å²) in [6.45, 7) is 10.9. The number of piperidine rings is 1. The van der Waals surface area contributed by atoms with E-state index in [-0.39, 0.29) is 24.0 Å². The summed E-state index contributed by atoms with van der Waals surface area (Å²) in [4.78, 5) is 4.99. The van der Waals surface area contributed by atoms with Gasteiger partial charge in [0.1, 0.15) is 0 Å². The summed E-state index contributed by atoms with van der Waals surface area (Å²) in [7, 11) is -3.41. The maximum Gasteiger partial charge on any atom is 0.243 e. The molecular weight excluding hydrogens is 487 g/mol. The number of nitrogens with one attached hydrogen (secondary N) is 2. The predicted molar refractivity (Wildman–Crippen MR) is 127 cm³/mol. The van der Waals surface area contributed by atoms with E-state index >= 15 is 0 Å². The Morgan fingerprint density at radius 3 is 2.46 bits per heavy atom. The van der Waals surface area contributed by atoms with Gasteiger partial charge in [-0.15, -0.1) is 24.0 Å². The Kier molecular flexibility index (Phi) is 10.8. The lowest BCUT2D eigenvalue weighted by atomic mass is 10.1. The molecule has 0 amide bonds. The zero-order valence-electron chi connectivity index (χ0n) is 17.4. The van der Waals surface area contributed by atoms with Crippen LogP contribution in [-0.4, -0.2) is 44.4 Å². The van der Waals surface area contributed by atoms with Crippen molar-refractivity contribution in [1.82, 2.24) is 14.9 Å². The van der Waals surface area contributed by atoms with Gasteiger partial charge in [0.15, 0.2) is 5.96 Å². The van der Waals surface area contributed by atoms with Crippen LogP contribution in [0.2, 0.25) is 0 Å². The van der Waals surface area contributed by atoms with Gasteiger partial charge in [-0.1, -0.05) is 32.4 Å². The Morgan fingerprint density at radius 2 is 1.86 bits per heavy atom. The fourth-order valence-corrected chi connectivity index (χ4v) is 4.52. The first-order valence-corrected chi connectivity index (χ1v) is 11.4. The van der Waals surface area contributed by atoms with E-state index in [1.54, 1.807) is 22.5 Å². The third-order valence-corrected chi connectivity index (χ3v) is 6.87. The van der Waals surface area contributed by atoms with Gasteiger partial charge in [-0.3, -0.25) is 0 Å². The maximum atomic E-state index is 12.9. The second-order valence-electron chi connectivity index (χ2n) is 7.48. The molecule has 0 radical (unpaired) electrons. The van der Waals surface area contributed by atoms with Crippen LogP contribution in [0.15, 0.2) is 34.2 Å². The summed E-state index contributed by atoms with van der Waals surface area (Å²) in [6.07, 6.45) is 2.99. The van der Waals surface area contributed by atoms with Crippen LogP contribution in [0.4, 0.5) is 0 Å². The van der Waals surface area contributed by atoms with Gasteiger partial charge in [0.25, 0.3) is 0 Å². The molecule has 6 nitrogen and oxygen atoms in total. The number of benzene rings is 1. The fourth-order valence-electron chi connectivity index (χ4n) is 2.93. The largest absolute Gasteiger partial charge is 0.357 e. The summed E-state index contributed by atoms with van der Waals surface area (Å²) >= 11 is 0. The van der Waals surface area contributed by atoms with Crippen LogP contribution >= 0.6 is 24.0 Å². The van der Waals surface area contributed by atoms with Crippen LogP contribution in [0.5, 0.6) is 0 Å². The average Bonchev–Trinajstić information content (AvgIpc) is 2.67. The second kappa shape index (κ2) is 12.0. The number of nitrogens with zero attached hydrogens (tertiary/aromatic N) is 2. The van der Waals surface area contributed by atoms with Crippen LogP contribution in [0.1, 0.15) is 52.5 Å². The molecule has 1 atom stereocenters. The molecule has 1 aromatic carbocycles. The number of guanidine groups is 1. The Morgan fingerprint density at radius 1 is 1.18 bits per heavy atom. The van der Waals surface area contributed by atoms with Crippen LogP contribution in [-0.2, 0) is 16.6 Å². The van der Waals surface area contributed by atoms with Gasteiger partial charge in [-0.2, -0.15) is 4.31 Å². The van der Waals surface area contributed by atoms with Gasteiger partial charge < -0.3 is 10.6 Å². The molecule has 1 saturated heterocycles. The van der Waals surface area contributed by atoms with Crippen molar-refractivity contribution < 1.29 is 8.42 Å². The molecule has 0 saturated carbocycles. The van der Waals surface area contributed by atoms with Gasteiger partial charge in [-0.05, 0) is 50.3 Å². The van der Waals surface area contributed by atoms with Crippen LogP contribution in [0, 0.1) is 5.92 Å². The average molecular weight is 522 g/mol. The molecule has 2 N–H and O–H groups in total. The lowest BCUT2D eigenvalue weighted by Crippen LogP contribution is -2.44. The molecule has 28 heavy (non-hydrogen) atoms. The lowest BCUT2D eigenvalue weighted by molar-refractivity contribution is 0.346. The summed E-state index contributed by atoms with van der Waals surface area (Å²) in [5.41, 5.74) is 0.891. The molecule has 1 heterocycles. The standard InChI is InChI=1S/C20H34N4O2S.HI/c1-5-21-20(23-17(4)16(2)3)22-15-18-10-9-11-19(14-18)27(25,26)24-12-7-6-8-13-24;/h9-11,14,16-17H,5-8,12-13,15H2,1-4H3,(H2,21,22,23);1H. The van der Waals surface area contributed by atoms with E-state index in [1.807, 2.05) is 13.0 Å². The minimum atomic E-state index is -3.41. The molecular formula is C20H35IN4O2S. The van der Waals surface area contributed by atoms with E-state index in [2.05, 4.69) is 36.4 Å². The van der Waals surface area contributed by atoms with E-state index < -0.39 is 10.0 Å². The molecule has 0 aliphatic carbocycles. The Balaban J connectivity index is 0.00000392. The normalized spacial score (nSPS) is 17.1. The van der Waals surface area contributed by atoms with Crippen molar-refractivity contribution in [2.24, 2.45) is 10.9 Å². The number of rotatable bonds is 7. The monoisotopic (exact) mass is 522 g/mol. The first-order chi connectivity index (χ1) is 12.8. The maximum absolute atomic E-state index is 12.9. The second-order valence-corrected chi connectivity index (χ2v) is 9.42. The van der Waals surface area contributed by atoms with Crippen molar-refractivity contribution >= 4 is 40.0 Å². The SMILES string of the molecule is CCNC(=NCc1cccc(S(=O)(=O)N2CCCCC2)c1)NC(C)C(C)C.I. The number of hydrogen-bond acceptors (Lipinski definition) is 3. The third kappa shape index (κ3) is 7.18. The Hall–Kier alpha value is -0.870. The Labute approximate surface area is 187 Å². The molecule has 0 aromatic heterocycles. The molecule has 1 aromatic rings. The minimum Gasteiger partial charge on any atom is -0.357 e. The van der Waals surface area contributed by atoms with Gasteiger partial charge in [0.2, 0.25) is 10.0 Å². The summed E-state index contributed by atoms with van der Waals surface area (Å²) in [6, 6.07) is 7.46. The van der Waals surface area contributed by atoms with Crippen molar-refractivity contribution in [3.63, 3.8) is 0 Å². The molecule has 0 spiro atoms. The smallest absolute Gasteiger partial charge is 0.243 e. The van der Waals surface area contributed by atoms with Crippen molar-refractivity contribution in [3.8, 4) is 0 Å². The third-order valence-electron chi connectivity index (χ3n) is 4.98. The molecule has 1 fully saturated rings. The molecule has 2 rings (SSSR count). The van der Waals surface area contributed by atoms with Gasteiger partial charge in [0.05, 0.1) is 11.4 Å². The molecule has 1 aliphatic rings. The zero-order valence-corrected chi connectivity index (χ0v) is 20.6. The molecule has 1 unspecified atom stereocenters. The van der Waals surface area contributed by atoms with Crippen molar-refractivity contribution in [3.05, 3.63) is 29.8 Å². The van der Waals surface area contributed by atoms with E-state index in [4.69, 9.17) is 0 Å². The first kappa shape index (κ1) is 25.2. The summed E-state index contributed by atoms with van der Waals surface area (Å²) < 4.78 is 27.3. The number of sulfonamides is 1. The van der Waals surface area contributed by atoms with Crippen molar-refractivity contribution in [2.75, 3.05) is 19.6 Å². The van der Waals surface area contributed by atoms with E-state index in [0.717, 1.165) is 37.3 Å². The molecule has 8 heteroatoms. The van der Waals surface area contributed by atoms with Crippen LogP contribution in [0.3, 0.4) is 0 Å². The fraction of sp³-hybridized carbons (Fsp3) is 0.650. The van der Waals surface area contributed by atoms with Crippen LogP contribution < -0.4 is 10.6 Å². The lowest BCUT2D eigenvalue weighted by Gasteiger charge is -2.26. The van der Waals surface area contributed by atoms with Gasteiger partial charge >= 0.3 is 0 Å². The van der Waals surface area contributed by atoms with Crippen molar-refractivity contribution in [1.29, 1.82) is 0 Å². The Bertz CT molecular complexity index is 731. The quantitative estimate of drug-likeness (QED) is 0.326. The number of hydrogen-bond donors (Lipinski definition) is 2. The number of aliphatic imine (C=N–C) groups is 1. The predicted octanol–water partition coefficient (Wildman–Crippen LogP) is 3.58. The molecule has 160 valence electrons. The summed E-state index contributed by atoms with van der Waals surface area (Å²) in [5.74, 6) is 1.25. The zero-order chi connectivity index (χ0) is 19.9. The molecule has 1 aliphatic heterocycles. The molecule has 0 bridgehead atoms. The minimum absolute atomic E-state index is 0. The van der Waals surface area contributed by atoms with Crippen molar-refractivity contribution in [2.45, 2.75) is 64.4 Å². The van der Waals surface area contributed by atoms with E-state index in [0.29, 0.717) is 36.5 Å². The highest BCUT2D eigenvalue weighted by molar-refractivity contribution is 14.0. The number of halogens is 1. The first-order valence-electron chi connectivity index (χ1n) is 9.98. The highest BCUT2D eigenvalue weighted by Crippen LogP contribution is 2.21. The van der Waals surface area contributed by atoms with Gasteiger partial charge in [-0.25, -0.2) is 13.4 Å².